The Kier molecular flexibility index (Phi) is 5.98. The molecule has 2 aromatic rings. The van der Waals surface area contributed by atoms with Crippen LogP contribution in [0.4, 0.5) is 11.4 Å². The lowest BCUT2D eigenvalue weighted by Gasteiger charge is -2.48. The van der Waals surface area contributed by atoms with Gasteiger partial charge in [0, 0.05) is 25.1 Å². The van der Waals surface area contributed by atoms with Crippen molar-refractivity contribution in [3.63, 3.8) is 0 Å². The fourth-order valence-corrected chi connectivity index (χ4v) is 5.28. The van der Waals surface area contributed by atoms with Gasteiger partial charge in [0.05, 0.1) is 17.0 Å². The van der Waals surface area contributed by atoms with Crippen LogP contribution in [0, 0.1) is 0 Å². The van der Waals surface area contributed by atoms with Gasteiger partial charge in [0.1, 0.15) is 5.66 Å². The Balaban J connectivity index is 1.41. The predicted molar refractivity (Wildman–Crippen MR) is 124 cm³/mol. The van der Waals surface area contributed by atoms with Gasteiger partial charge in [-0.05, 0) is 49.6 Å². The van der Waals surface area contributed by atoms with Gasteiger partial charge in [-0.2, -0.15) is 0 Å². The Morgan fingerprint density at radius 3 is 2.67 bits per heavy atom. The van der Waals surface area contributed by atoms with Crippen LogP contribution in [-0.2, 0) is 25.4 Å². The molecule has 0 bridgehead atoms. The molecule has 4 rings (SSSR count). The summed E-state index contributed by atoms with van der Waals surface area (Å²) in [5, 5.41) is 7.83. The molecule has 0 aliphatic carbocycles. The molecule has 0 saturated carbocycles. The molecule has 2 aliphatic heterocycles. The highest BCUT2D eigenvalue weighted by Crippen LogP contribution is 2.44. The lowest BCUT2D eigenvalue weighted by atomic mass is 9.98. The summed E-state index contributed by atoms with van der Waals surface area (Å²) >= 11 is 0. The Hall–Kier alpha value is -3.24. The summed E-state index contributed by atoms with van der Waals surface area (Å²) in [7, 11) is -3.67. The average Bonchev–Trinajstić information content (AvgIpc) is 3.05. The van der Waals surface area contributed by atoms with Gasteiger partial charge in [-0.1, -0.05) is 24.3 Å². The number of fused-ring (bicyclic) bond motifs is 3. The second-order valence-corrected chi connectivity index (χ2v) is 10.2. The largest absolute Gasteiger partial charge is 0.326 e. The zero-order valence-electron chi connectivity index (χ0n) is 18.3. The molecule has 1 saturated heterocycles. The molecule has 0 aromatic heterocycles. The van der Waals surface area contributed by atoms with Crippen molar-refractivity contribution in [3.8, 4) is 0 Å². The van der Waals surface area contributed by atoms with Gasteiger partial charge in [0.25, 0.3) is 5.91 Å². The molecule has 10 heteroatoms. The van der Waals surface area contributed by atoms with Crippen molar-refractivity contribution in [2.24, 2.45) is 5.14 Å². The van der Waals surface area contributed by atoms with E-state index in [4.69, 9.17) is 5.14 Å². The maximum Gasteiger partial charge on any atom is 0.257 e. The van der Waals surface area contributed by atoms with Crippen molar-refractivity contribution in [3.05, 3.63) is 59.7 Å². The van der Waals surface area contributed by atoms with E-state index in [-0.39, 0.29) is 29.9 Å². The normalized spacial score (nSPS) is 19.9. The number of rotatable bonds is 7. The molecule has 3 N–H and O–H groups in total. The molecule has 9 nitrogen and oxygen atoms in total. The lowest BCUT2D eigenvalue weighted by Crippen LogP contribution is -2.62. The van der Waals surface area contributed by atoms with E-state index in [1.807, 2.05) is 13.0 Å². The van der Waals surface area contributed by atoms with Crippen molar-refractivity contribution in [2.75, 3.05) is 16.8 Å². The van der Waals surface area contributed by atoms with E-state index in [1.165, 1.54) is 0 Å². The molecular formula is C23H26N4O5S. The molecule has 3 amide bonds. The van der Waals surface area contributed by atoms with Gasteiger partial charge < -0.3 is 10.2 Å². The number of primary sulfonamides is 1. The first kappa shape index (κ1) is 22.9. The maximum absolute atomic E-state index is 13.2. The van der Waals surface area contributed by atoms with Crippen molar-refractivity contribution in [2.45, 2.75) is 44.0 Å². The average molecular weight is 471 g/mol. The number of nitrogens with one attached hydrogen (secondary N) is 1. The number of benzene rings is 2. The zero-order valence-corrected chi connectivity index (χ0v) is 19.1. The highest BCUT2D eigenvalue weighted by atomic mass is 32.2. The number of nitrogens with two attached hydrogens (primary N) is 1. The molecule has 33 heavy (non-hydrogen) atoms. The second kappa shape index (κ2) is 8.60. The third kappa shape index (κ3) is 4.62. The Morgan fingerprint density at radius 1 is 1.15 bits per heavy atom. The van der Waals surface area contributed by atoms with E-state index in [2.05, 4.69) is 5.32 Å². The maximum atomic E-state index is 13.2. The molecule has 2 heterocycles. The summed E-state index contributed by atoms with van der Waals surface area (Å²) in [6.45, 7) is 2.22. The number of anilines is 2. The number of para-hydroxylation sites is 1. The number of hydrogen-bond donors (Lipinski definition) is 2. The van der Waals surface area contributed by atoms with E-state index >= 15 is 0 Å². The van der Waals surface area contributed by atoms with E-state index in [1.54, 1.807) is 52.3 Å². The summed E-state index contributed by atoms with van der Waals surface area (Å²) in [6, 6.07) is 13.6. The first-order valence-electron chi connectivity index (χ1n) is 10.7. The fourth-order valence-electron chi connectivity index (χ4n) is 4.63. The van der Waals surface area contributed by atoms with Gasteiger partial charge in [-0.15, -0.1) is 0 Å². The summed E-state index contributed by atoms with van der Waals surface area (Å²) in [4.78, 5) is 41.7. The summed E-state index contributed by atoms with van der Waals surface area (Å²) in [5.74, 6) is -0.727. The van der Waals surface area contributed by atoms with Crippen LogP contribution in [0.2, 0.25) is 0 Å². The summed E-state index contributed by atoms with van der Waals surface area (Å²) < 4.78 is 22.6. The molecule has 1 unspecified atom stereocenters. The third-order valence-electron chi connectivity index (χ3n) is 6.11. The Bertz CT molecular complexity index is 1230. The molecule has 2 aliphatic rings. The van der Waals surface area contributed by atoms with Gasteiger partial charge >= 0.3 is 0 Å². The monoisotopic (exact) mass is 470 g/mol. The number of carbonyl (C=O) groups excluding carboxylic acids is 3. The van der Waals surface area contributed by atoms with Crippen molar-refractivity contribution >= 4 is 39.1 Å². The van der Waals surface area contributed by atoms with E-state index in [0.717, 1.165) is 0 Å². The van der Waals surface area contributed by atoms with E-state index in [9.17, 15) is 22.8 Å². The minimum Gasteiger partial charge on any atom is -0.326 e. The quantitative estimate of drug-likeness (QED) is 0.641. The van der Waals surface area contributed by atoms with Crippen LogP contribution in [-0.4, -0.2) is 43.2 Å². The molecular weight excluding hydrogens is 444 g/mol. The van der Waals surface area contributed by atoms with E-state index < -0.39 is 15.7 Å². The number of nitrogens with zero attached hydrogens (tertiary/aromatic N) is 2. The minimum atomic E-state index is -3.67. The molecule has 174 valence electrons. The molecule has 1 fully saturated rings. The van der Waals surface area contributed by atoms with Crippen LogP contribution < -0.4 is 15.4 Å². The minimum absolute atomic E-state index is 0.0143. The standard InChI is InChI=1S/C23H26N4O5S/c1-23-12-11-21(29)27(23)19-9-3-2-8-18(19)22(30)26(23)13-5-10-20(28)25-17-7-4-6-16(14-17)15-33(24,31)32/h2-4,6-9,14H,5,10-13,15H2,1H3,(H,25,28)(H2,24,31,32). The third-order valence-corrected chi connectivity index (χ3v) is 6.85. The van der Waals surface area contributed by atoms with Crippen LogP contribution >= 0.6 is 0 Å². The highest BCUT2D eigenvalue weighted by molar-refractivity contribution is 7.88. The molecule has 1 atom stereocenters. The van der Waals surface area contributed by atoms with Crippen LogP contribution in [0.25, 0.3) is 0 Å². The number of hydrogen-bond acceptors (Lipinski definition) is 5. The topological polar surface area (TPSA) is 130 Å². The Morgan fingerprint density at radius 2 is 1.91 bits per heavy atom. The van der Waals surface area contributed by atoms with E-state index in [0.29, 0.717) is 48.3 Å². The lowest BCUT2D eigenvalue weighted by molar-refractivity contribution is -0.118. The smallest absolute Gasteiger partial charge is 0.257 e. The van der Waals surface area contributed by atoms with Crippen molar-refractivity contribution in [1.29, 1.82) is 0 Å². The molecule has 0 radical (unpaired) electrons. The second-order valence-electron chi connectivity index (χ2n) is 8.58. The fraction of sp³-hybridized carbons (Fsp3) is 0.348. The van der Waals surface area contributed by atoms with Crippen LogP contribution in [0.3, 0.4) is 0 Å². The summed E-state index contributed by atoms with van der Waals surface area (Å²) in [6.07, 6.45) is 1.47. The summed E-state index contributed by atoms with van der Waals surface area (Å²) in [5.41, 5.74) is 1.33. The van der Waals surface area contributed by atoms with Gasteiger partial charge in [0.15, 0.2) is 0 Å². The van der Waals surface area contributed by atoms with Gasteiger partial charge in [0.2, 0.25) is 21.8 Å². The number of amides is 3. The number of sulfonamides is 1. The first-order valence-corrected chi connectivity index (χ1v) is 12.4. The molecule has 2 aromatic carbocycles. The van der Waals surface area contributed by atoms with Crippen LogP contribution in [0.5, 0.6) is 0 Å². The van der Waals surface area contributed by atoms with Crippen molar-refractivity contribution in [1.82, 2.24) is 4.90 Å². The Labute approximate surface area is 192 Å². The van der Waals surface area contributed by atoms with Gasteiger partial charge in [-0.25, -0.2) is 13.6 Å². The zero-order chi connectivity index (χ0) is 23.8. The van der Waals surface area contributed by atoms with Crippen molar-refractivity contribution < 1.29 is 22.8 Å². The van der Waals surface area contributed by atoms with Crippen LogP contribution in [0.1, 0.15) is 48.5 Å². The van der Waals surface area contributed by atoms with Crippen LogP contribution in [0.15, 0.2) is 48.5 Å². The predicted octanol–water partition coefficient (Wildman–Crippen LogP) is 2.19. The highest BCUT2D eigenvalue weighted by Gasteiger charge is 2.52. The molecule has 0 spiro atoms. The van der Waals surface area contributed by atoms with Gasteiger partial charge in [-0.3, -0.25) is 19.3 Å². The first-order chi connectivity index (χ1) is 15.6. The SMILES string of the molecule is CC12CCC(=O)N1c1ccccc1C(=O)N2CCCC(=O)Nc1cccc(CS(N)(=O)=O)c1. The number of carbonyl (C=O) groups is 3.